The van der Waals surface area contributed by atoms with Gasteiger partial charge in [0.1, 0.15) is 11.4 Å². The number of nitrogens with one attached hydrogen (secondary N) is 1. The molecule has 1 N–H and O–H groups in total. The molecule has 8 heteroatoms. The molecule has 0 atom stereocenters. The number of para-hydroxylation sites is 1. The molecule has 162 valence electrons. The molecule has 1 aliphatic rings. The van der Waals surface area contributed by atoms with E-state index >= 15 is 0 Å². The van der Waals surface area contributed by atoms with Gasteiger partial charge in [-0.15, -0.1) is 0 Å². The van der Waals surface area contributed by atoms with Crippen molar-refractivity contribution in [3.63, 3.8) is 0 Å². The third-order valence-electron chi connectivity index (χ3n) is 5.45. The van der Waals surface area contributed by atoms with Gasteiger partial charge in [-0.1, -0.05) is 24.3 Å². The minimum absolute atomic E-state index is 0.0195. The second kappa shape index (κ2) is 7.83. The number of carbonyl (C=O) groups is 2. The van der Waals surface area contributed by atoms with Crippen LogP contribution < -0.4 is 15.0 Å². The van der Waals surface area contributed by atoms with Crippen molar-refractivity contribution in [3.8, 4) is 5.69 Å². The predicted octanol–water partition coefficient (Wildman–Crippen LogP) is 2.84. The van der Waals surface area contributed by atoms with Crippen molar-refractivity contribution in [1.82, 2.24) is 9.78 Å². The molecule has 0 spiro atoms. The van der Waals surface area contributed by atoms with E-state index < -0.39 is 23.2 Å². The zero-order chi connectivity index (χ0) is 23.1. The third kappa shape index (κ3) is 3.28. The number of aromatic amines is 1. The maximum Gasteiger partial charge on any atom is 0.331 e. The third-order valence-corrected chi connectivity index (χ3v) is 5.45. The number of H-pyrrole nitrogens is 1. The SMILES string of the molecule is Cc1[nH]n(-c2ccccc2)c(=O)c1C1=C([n+]2ccccc2)C(=O)N(c2ccc(F)cc2)C1=O. The maximum atomic E-state index is 13.6. The molecule has 3 heterocycles. The van der Waals surface area contributed by atoms with Crippen LogP contribution in [0.5, 0.6) is 0 Å². The van der Waals surface area contributed by atoms with Gasteiger partial charge in [0.05, 0.1) is 16.9 Å². The molecule has 0 saturated heterocycles. The van der Waals surface area contributed by atoms with Gasteiger partial charge in [0, 0.05) is 17.8 Å². The van der Waals surface area contributed by atoms with Crippen molar-refractivity contribution < 1.29 is 18.5 Å². The summed E-state index contributed by atoms with van der Waals surface area (Å²) in [6.07, 6.45) is 3.26. The van der Waals surface area contributed by atoms with Crippen LogP contribution in [0.15, 0.2) is 90.0 Å². The Kier molecular flexibility index (Phi) is 4.82. The number of hydrogen-bond donors (Lipinski definition) is 1. The average Bonchev–Trinajstić information content (AvgIpc) is 3.26. The highest BCUT2D eigenvalue weighted by atomic mass is 19.1. The number of anilines is 1. The van der Waals surface area contributed by atoms with Gasteiger partial charge in [-0.05, 0) is 43.3 Å². The number of nitrogens with zero attached hydrogens (tertiary/aromatic N) is 3. The van der Waals surface area contributed by atoms with Crippen LogP contribution in [0.1, 0.15) is 11.3 Å². The summed E-state index contributed by atoms with van der Waals surface area (Å²) in [5.41, 5.74) is 0.928. The number of carbonyl (C=O) groups excluding carboxylic acids is 2. The Bertz CT molecular complexity index is 1470. The van der Waals surface area contributed by atoms with Crippen molar-refractivity contribution in [2.24, 2.45) is 0 Å². The lowest BCUT2D eigenvalue weighted by atomic mass is 10.1. The van der Waals surface area contributed by atoms with E-state index in [2.05, 4.69) is 5.10 Å². The summed E-state index contributed by atoms with van der Waals surface area (Å²) in [6.45, 7) is 1.68. The monoisotopic (exact) mass is 441 g/mol. The summed E-state index contributed by atoms with van der Waals surface area (Å²) >= 11 is 0. The lowest BCUT2D eigenvalue weighted by Gasteiger charge is -2.13. The van der Waals surface area contributed by atoms with Crippen molar-refractivity contribution >= 4 is 28.8 Å². The number of aryl methyl sites for hydroxylation is 1. The second-order valence-electron chi connectivity index (χ2n) is 7.52. The van der Waals surface area contributed by atoms with Gasteiger partial charge in [0.15, 0.2) is 12.4 Å². The molecular weight excluding hydrogens is 423 g/mol. The Balaban J connectivity index is 1.75. The fourth-order valence-electron chi connectivity index (χ4n) is 3.96. The molecule has 1 aliphatic heterocycles. The molecule has 0 bridgehead atoms. The highest BCUT2D eigenvalue weighted by Crippen LogP contribution is 2.33. The number of benzene rings is 2. The minimum Gasteiger partial charge on any atom is -0.295 e. The lowest BCUT2D eigenvalue weighted by molar-refractivity contribution is -0.576. The van der Waals surface area contributed by atoms with E-state index in [1.807, 2.05) is 6.07 Å². The van der Waals surface area contributed by atoms with Crippen LogP contribution in [0, 0.1) is 12.7 Å². The van der Waals surface area contributed by atoms with Crippen molar-refractivity contribution in [1.29, 1.82) is 0 Å². The van der Waals surface area contributed by atoms with Crippen molar-refractivity contribution in [3.05, 3.63) is 113 Å². The molecule has 4 aromatic rings. The van der Waals surface area contributed by atoms with Crippen LogP contribution in [0.3, 0.4) is 0 Å². The molecule has 0 saturated carbocycles. The van der Waals surface area contributed by atoms with E-state index in [4.69, 9.17) is 0 Å². The normalized spacial score (nSPS) is 13.8. The van der Waals surface area contributed by atoms with E-state index in [1.165, 1.54) is 33.5 Å². The Morgan fingerprint density at radius 2 is 1.42 bits per heavy atom. The summed E-state index contributed by atoms with van der Waals surface area (Å²) in [5, 5.41) is 3.00. The van der Waals surface area contributed by atoms with Gasteiger partial charge in [-0.2, -0.15) is 4.57 Å². The molecule has 2 amide bonds. The zero-order valence-electron chi connectivity index (χ0n) is 17.5. The molecule has 2 aromatic heterocycles. The molecule has 7 nitrogen and oxygen atoms in total. The molecule has 0 unspecified atom stereocenters. The smallest absolute Gasteiger partial charge is 0.295 e. The van der Waals surface area contributed by atoms with Gasteiger partial charge in [0.25, 0.3) is 17.2 Å². The fraction of sp³-hybridized carbons (Fsp3) is 0.0400. The standard InChI is InChI=1S/C25H17FN4O3/c1-16-20(24(32)30(27-16)19-8-4-2-5-9-19)21-22(28-14-6-3-7-15-28)25(33)29(23(21)31)18-12-10-17(26)11-13-18/h2-15H,1H3/p+1. The maximum absolute atomic E-state index is 13.6. The van der Waals surface area contributed by atoms with Crippen LogP contribution in [0.25, 0.3) is 17.0 Å². The van der Waals surface area contributed by atoms with E-state index in [0.717, 1.165) is 4.90 Å². The van der Waals surface area contributed by atoms with Crippen LogP contribution >= 0.6 is 0 Å². The van der Waals surface area contributed by atoms with E-state index in [9.17, 15) is 18.8 Å². The van der Waals surface area contributed by atoms with Crippen LogP contribution in [0.4, 0.5) is 10.1 Å². The van der Waals surface area contributed by atoms with Gasteiger partial charge in [-0.3, -0.25) is 19.5 Å². The molecule has 33 heavy (non-hydrogen) atoms. The first-order valence-electron chi connectivity index (χ1n) is 10.2. The van der Waals surface area contributed by atoms with Crippen LogP contribution in [-0.4, -0.2) is 21.6 Å². The number of halogens is 1. The number of amides is 2. The number of pyridine rings is 1. The van der Waals surface area contributed by atoms with E-state index in [1.54, 1.807) is 61.8 Å². The number of aromatic nitrogens is 3. The van der Waals surface area contributed by atoms with Gasteiger partial charge in [0.2, 0.25) is 0 Å². The first-order chi connectivity index (χ1) is 16.0. The highest BCUT2D eigenvalue weighted by Gasteiger charge is 2.47. The second-order valence-corrected chi connectivity index (χ2v) is 7.52. The highest BCUT2D eigenvalue weighted by molar-refractivity contribution is 6.53. The summed E-state index contributed by atoms with van der Waals surface area (Å²) in [6, 6.07) is 19.2. The summed E-state index contributed by atoms with van der Waals surface area (Å²) in [4.78, 5) is 41.5. The number of hydrogen-bond acceptors (Lipinski definition) is 3. The predicted molar refractivity (Wildman–Crippen MR) is 120 cm³/mol. The summed E-state index contributed by atoms with van der Waals surface area (Å²) in [7, 11) is 0. The van der Waals surface area contributed by atoms with Crippen molar-refractivity contribution in [2.75, 3.05) is 4.90 Å². The molecule has 5 rings (SSSR count). The fourth-order valence-corrected chi connectivity index (χ4v) is 3.96. The Labute approximate surface area is 187 Å². The molecule has 0 radical (unpaired) electrons. The summed E-state index contributed by atoms with van der Waals surface area (Å²) < 4.78 is 16.3. The molecule has 0 fully saturated rings. The van der Waals surface area contributed by atoms with Crippen LogP contribution in [0.2, 0.25) is 0 Å². The Hall–Kier alpha value is -4.59. The largest absolute Gasteiger partial charge is 0.331 e. The first-order valence-corrected chi connectivity index (χ1v) is 10.2. The lowest BCUT2D eigenvalue weighted by Crippen LogP contribution is -2.39. The van der Waals surface area contributed by atoms with Crippen LogP contribution in [-0.2, 0) is 9.59 Å². The van der Waals surface area contributed by atoms with Crippen molar-refractivity contribution in [2.45, 2.75) is 6.92 Å². The molecule has 0 aliphatic carbocycles. The van der Waals surface area contributed by atoms with E-state index in [-0.39, 0.29) is 22.5 Å². The first kappa shape index (κ1) is 20.3. The van der Waals surface area contributed by atoms with Gasteiger partial charge in [-0.25, -0.2) is 14.0 Å². The Morgan fingerprint density at radius 1 is 0.788 bits per heavy atom. The quantitative estimate of drug-likeness (QED) is 0.391. The average molecular weight is 441 g/mol. The number of rotatable bonds is 4. The Morgan fingerprint density at radius 3 is 2.09 bits per heavy atom. The van der Waals surface area contributed by atoms with E-state index in [0.29, 0.717) is 11.4 Å². The van der Waals surface area contributed by atoms with Gasteiger partial charge < -0.3 is 0 Å². The minimum atomic E-state index is -0.655. The number of imide groups is 1. The summed E-state index contributed by atoms with van der Waals surface area (Å²) in [5.74, 6) is -1.75. The van der Waals surface area contributed by atoms with Gasteiger partial charge >= 0.3 is 5.91 Å². The molecule has 2 aromatic carbocycles. The topological polar surface area (TPSA) is 79.1 Å². The molecular formula is C25H18FN4O3+. The zero-order valence-corrected chi connectivity index (χ0v) is 17.5.